The van der Waals surface area contributed by atoms with E-state index in [1.807, 2.05) is 6.07 Å². The van der Waals surface area contributed by atoms with E-state index in [2.05, 4.69) is 10.2 Å². The van der Waals surface area contributed by atoms with Gasteiger partial charge in [0.05, 0.1) is 11.6 Å². The van der Waals surface area contributed by atoms with Gasteiger partial charge in [-0.2, -0.15) is 5.26 Å². The number of hydrogen-bond acceptors (Lipinski definition) is 3. The van der Waals surface area contributed by atoms with Gasteiger partial charge in [0.1, 0.15) is 5.82 Å². The molecule has 1 aromatic rings. The van der Waals surface area contributed by atoms with Crippen LogP contribution in [0.4, 0.5) is 4.39 Å². The van der Waals surface area contributed by atoms with E-state index in [-0.39, 0.29) is 5.82 Å². The van der Waals surface area contributed by atoms with Crippen molar-refractivity contribution in [2.75, 3.05) is 26.2 Å². The molecule has 0 bridgehead atoms. The van der Waals surface area contributed by atoms with Gasteiger partial charge in [-0.05, 0) is 38.1 Å². The first-order chi connectivity index (χ1) is 9.29. The summed E-state index contributed by atoms with van der Waals surface area (Å²) in [5, 5.41) is 11.9. The molecule has 2 rings (SSSR count). The highest BCUT2D eigenvalue weighted by atomic mass is 19.1. The molecule has 102 valence electrons. The van der Waals surface area contributed by atoms with Gasteiger partial charge < -0.3 is 10.2 Å². The van der Waals surface area contributed by atoms with Crippen molar-refractivity contribution in [1.82, 2.24) is 10.2 Å². The van der Waals surface area contributed by atoms with Crippen molar-refractivity contribution in [3.8, 4) is 6.07 Å². The zero-order chi connectivity index (χ0) is 13.5. The molecule has 0 aliphatic carbocycles. The number of rotatable bonds is 5. The molecule has 0 saturated carbocycles. The zero-order valence-electron chi connectivity index (χ0n) is 11.2. The number of likely N-dealkylation sites (tertiary alicyclic amines) is 1. The van der Waals surface area contributed by atoms with Crippen molar-refractivity contribution in [3.05, 3.63) is 35.1 Å². The predicted molar refractivity (Wildman–Crippen MR) is 73.1 cm³/mol. The fraction of sp³-hybridized carbons (Fsp3) is 0.533. The normalized spacial score (nSPS) is 16.2. The molecule has 1 saturated heterocycles. The molecule has 1 aromatic carbocycles. The van der Waals surface area contributed by atoms with Gasteiger partial charge in [0.15, 0.2) is 0 Å². The molecule has 3 nitrogen and oxygen atoms in total. The lowest BCUT2D eigenvalue weighted by molar-refractivity contribution is 0.229. The molecule has 1 heterocycles. The third-order valence-corrected chi connectivity index (χ3v) is 3.55. The fourth-order valence-corrected chi connectivity index (χ4v) is 2.40. The van der Waals surface area contributed by atoms with E-state index in [0.29, 0.717) is 17.7 Å². The third kappa shape index (κ3) is 4.30. The number of benzene rings is 1. The van der Waals surface area contributed by atoms with Crippen molar-refractivity contribution >= 4 is 0 Å². The van der Waals surface area contributed by atoms with Gasteiger partial charge in [-0.15, -0.1) is 0 Å². The lowest BCUT2D eigenvalue weighted by Gasteiger charge is -2.26. The third-order valence-electron chi connectivity index (χ3n) is 3.55. The van der Waals surface area contributed by atoms with Gasteiger partial charge in [0, 0.05) is 25.2 Å². The largest absolute Gasteiger partial charge is 0.311 e. The van der Waals surface area contributed by atoms with Gasteiger partial charge in [-0.3, -0.25) is 0 Å². The molecule has 0 unspecified atom stereocenters. The molecule has 4 heteroatoms. The van der Waals surface area contributed by atoms with E-state index in [0.717, 1.165) is 13.1 Å². The van der Waals surface area contributed by atoms with Crippen LogP contribution in [0.2, 0.25) is 0 Å². The van der Waals surface area contributed by atoms with Crippen molar-refractivity contribution in [3.63, 3.8) is 0 Å². The highest BCUT2D eigenvalue weighted by Crippen LogP contribution is 2.10. The van der Waals surface area contributed by atoms with Crippen molar-refractivity contribution < 1.29 is 4.39 Å². The minimum atomic E-state index is -0.301. The molecule has 1 N–H and O–H groups in total. The maximum Gasteiger partial charge on any atom is 0.129 e. The Labute approximate surface area is 114 Å². The van der Waals surface area contributed by atoms with Crippen LogP contribution in [0.3, 0.4) is 0 Å². The van der Waals surface area contributed by atoms with Crippen LogP contribution in [-0.4, -0.2) is 31.1 Å². The van der Waals surface area contributed by atoms with Crippen LogP contribution >= 0.6 is 0 Å². The number of halogens is 1. The zero-order valence-corrected chi connectivity index (χ0v) is 11.2. The quantitative estimate of drug-likeness (QED) is 0.826. The van der Waals surface area contributed by atoms with Crippen molar-refractivity contribution in [2.45, 2.75) is 25.8 Å². The van der Waals surface area contributed by atoms with Gasteiger partial charge >= 0.3 is 0 Å². The standard InChI is InChI=1S/C15H20FN3/c16-15-10-13(11-17)4-5-14(15)12-18-6-9-19-7-2-1-3-8-19/h4-5,10,18H,1-3,6-9,12H2. The molecule has 0 atom stereocenters. The summed E-state index contributed by atoms with van der Waals surface area (Å²) in [5.74, 6) is -0.301. The average molecular weight is 261 g/mol. The molecule has 0 radical (unpaired) electrons. The second-order valence-corrected chi connectivity index (χ2v) is 5.00. The van der Waals surface area contributed by atoms with E-state index >= 15 is 0 Å². The molecule has 1 aliphatic rings. The topological polar surface area (TPSA) is 39.1 Å². The van der Waals surface area contributed by atoms with Gasteiger partial charge in [-0.1, -0.05) is 12.5 Å². The first kappa shape index (κ1) is 14.0. The Morgan fingerprint density at radius 1 is 1.26 bits per heavy atom. The molecular formula is C15H20FN3. The van der Waals surface area contributed by atoms with Crippen molar-refractivity contribution in [1.29, 1.82) is 5.26 Å². The summed E-state index contributed by atoms with van der Waals surface area (Å²) in [6.45, 7) is 4.79. The van der Waals surface area contributed by atoms with Gasteiger partial charge in [0.25, 0.3) is 0 Å². The minimum absolute atomic E-state index is 0.301. The molecule has 19 heavy (non-hydrogen) atoms. The van der Waals surface area contributed by atoms with Gasteiger partial charge in [-0.25, -0.2) is 4.39 Å². The van der Waals surface area contributed by atoms with E-state index in [9.17, 15) is 4.39 Å². The predicted octanol–water partition coefficient (Wildman–Crippen LogP) is 2.27. The second kappa shape index (κ2) is 7.22. The first-order valence-electron chi connectivity index (χ1n) is 6.91. The van der Waals surface area contributed by atoms with E-state index in [4.69, 9.17) is 5.26 Å². The van der Waals surface area contributed by atoms with Crippen molar-refractivity contribution in [2.24, 2.45) is 0 Å². The van der Waals surface area contributed by atoms with Crippen LogP contribution in [-0.2, 0) is 6.54 Å². The number of nitriles is 1. The Kier molecular flexibility index (Phi) is 5.31. The Morgan fingerprint density at radius 2 is 2.05 bits per heavy atom. The minimum Gasteiger partial charge on any atom is -0.311 e. The molecule has 1 fully saturated rings. The number of nitrogens with zero attached hydrogens (tertiary/aromatic N) is 2. The highest BCUT2D eigenvalue weighted by molar-refractivity contribution is 5.32. The summed E-state index contributed by atoms with van der Waals surface area (Å²) < 4.78 is 13.6. The van der Waals surface area contributed by atoms with E-state index in [1.165, 1.54) is 38.4 Å². The summed E-state index contributed by atoms with van der Waals surface area (Å²) in [4.78, 5) is 2.45. The van der Waals surface area contributed by atoms with Gasteiger partial charge in [0.2, 0.25) is 0 Å². The number of nitrogens with one attached hydrogen (secondary N) is 1. The highest BCUT2D eigenvalue weighted by Gasteiger charge is 2.09. The Balaban J connectivity index is 1.72. The Morgan fingerprint density at radius 3 is 2.74 bits per heavy atom. The fourth-order valence-electron chi connectivity index (χ4n) is 2.40. The van der Waals surface area contributed by atoms with Crippen LogP contribution in [0.15, 0.2) is 18.2 Å². The van der Waals surface area contributed by atoms with E-state index < -0.39 is 0 Å². The maximum atomic E-state index is 13.6. The number of hydrogen-bond donors (Lipinski definition) is 1. The SMILES string of the molecule is N#Cc1ccc(CNCCN2CCCCC2)c(F)c1. The Hall–Kier alpha value is -1.44. The smallest absolute Gasteiger partial charge is 0.129 e. The first-order valence-corrected chi connectivity index (χ1v) is 6.91. The monoisotopic (exact) mass is 261 g/mol. The van der Waals surface area contributed by atoms with Crippen LogP contribution in [0.5, 0.6) is 0 Å². The molecule has 0 amide bonds. The van der Waals surface area contributed by atoms with E-state index in [1.54, 1.807) is 12.1 Å². The summed E-state index contributed by atoms with van der Waals surface area (Å²) >= 11 is 0. The maximum absolute atomic E-state index is 13.6. The van der Waals surface area contributed by atoms with Crippen LogP contribution < -0.4 is 5.32 Å². The molecule has 0 aromatic heterocycles. The molecule has 1 aliphatic heterocycles. The molecular weight excluding hydrogens is 241 g/mol. The second-order valence-electron chi connectivity index (χ2n) is 5.00. The van der Waals surface area contributed by atoms with Crippen LogP contribution in [0.1, 0.15) is 30.4 Å². The van der Waals surface area contributed by atoms with Crippen LogP contribution in [0, 0.1) is 17.1 Å². The summed E-state index contributed by atoms with van der Waals surface area (Å²) in [7, 11) is 0. The summed E-state index contributed by atoms with van der Waals surface area (Å²) in [6, 6.07) is 6.57. The number of piperidine rings is 1. The average Bonchev–Trinajstić information content (AvgIpc) is 2.46. The lowest BCUT2D eigenvalue weighted by Crippen LogP contribution is -2.35. The molecule has 0 spiro atoms. The lowest BCUT2D eigenvalue weighted by atomic mass is 10.1. The summed E-state index contributed by atoms with van der Waals surface area (Å²) in [6.07, 6.45) is 3.94. The Bertz CT molecular complexity index is 447. The van der Waals surface area contributed by atoms with Crippen LogP contribution in [0.25, 0.3) is 0 Å². The summed E-state index contributed by atoms with van der Waals surface area (Å²) in [5.41, 5.74) is 0.993.